The molecule has 158 valence electrons. The smallest absolute Gasteiger partial charge is 0.162 e. The molecular formula is C24H28ClN3O2. The third-order valence-electron chi connectivity index (χ3n) is 5.87. The molecule has 0 radical (unpaired) electrons. The van der Waals surface area contributed by atoms with Crippen LogP contribution in [0.1, 0.15) is 12.0 Å². The van der Waals surface area contributed by atoms with E-state index in [0.717, 1.165) is 41.8 Å². The molecule has 5 nitrogen and oxygen atoms in total. The Kier molecular flexibility index (Phi) is 6.14. The number of likely N-dealkylation sites (N-methyl/N-ethyl adjacent to an activating group) is 1. The first-order valence-electron chi connectivity index (χ1n) is 10.2. The van der Waals surface area contributed by atoms with Crippen molar-refractivity contribution in [3.8, 4) is 22.8 Å². The van der Waals surface area contributed by atoms with Gasteiger partial charge in [0.05, 0.1) is 25.4 Å². The summed E-state index contributed by atoms with van der Waals surface area (Å²) in [5.41, 5.74) is 4.05. The Morgan fingerprint density at radius 2 is 1.87 bits per heavy atom. The van der Waals surface area contributed by atoms with E-state index >= 15 is 0 Å². The molecule has 1 fully saturated rings. The Hall–Kier alpha value is -2.34. The number of likely N-dealkylation sites (tertiary alicyclic amines) is 1. The van der Waals surface area contributed by atoms with Crippen LogP contribution in [0.4, 0.5) is 0 Å². The number of aromatic nitrogens is 1. The molecule has 1 aliphatic rings. The van der Waals surface area contributed by atoms with Crippen molar-refractivity contribution in [1.29, 1.82) is 0 Å². The first-order valence-corrected chi connectivity index (χ1v) is 10.6. The molecule has 2 aromatic carbocycles. The second-order valence-electron chi connectivity index (χ2n) is 8.05. The van der Waals surface area contributed by atoms with Gasteiger partial charge in [-0.3, -0.25) is 4.90 Å². The van der Waals surface area contributed by atoms with Gasteiger partial charge in [-0.1, -0.05) is 23.7 Å². The zero-order valence-corrected chi connectivity index (χ0v) is 18.7. The number of nitrogens with zero attached hydrogens (tertiary/aromatic N) is 3. The SMILES string of the molecule is COc1cc2cc(CN3CC[C@H](N(C)C)C3)c(-c3cccc(Cl)c3)nc2cc1OC. The molecule has 0 spiro atoms. The van der Waals surface area contributed by atoms with E-state index in [1.54, 1.807) is 14.2 Å². The van der Waals surface area contributed by atoms with Crippen LogP contribution >= 0.6 is 11.6 Å². The molecule has 0 unspecified atom stereocenters. The Balaban J connectivity index is 1.80. The molecule has 4 rings (SSSR count). The minimum atomic E-state index is 0.595. The first kappa shape index (κ1) is 20.9. The zero-order valence-electron chi connectivity index (χ0n) is 18.0. The van der Waals surface area contributed by atoms with E-state index in [2.05, 4.69) is 36.0 Å². The Morgan fingerprint density at radius 3 is 2.53 bits per heavy atom. The molecule has 0 aliphatic carbocycles. The highest BCUT2D eigenvalue weighted by atomic mass is 35.5. The molecule has 1 saturated heterocycles. The molecule has 1 atom stereocenters. The number of halogens is 1. The van der Waals surface area contributed by atoms with Gasteiger partial charge in [-0.05, 0) is 50.3 Å². The molecule has 1 aromatic heterocycles. The number of benzene rings is 2. The van der Waals surface area contributed by atoms with E-state index in [1.165, 1.54) is 12.0 Å². The number of hydrogen-bond acceptors (Lipinski definition) is 5. The van der Waals surface area contributed by atoms with Crippen LogP contribution in [0.5, 0.6) is 11.5 Å². The van der Waals surface area contributed by atoms with E-state index in [1.807, 2.05) is 30.3 Å². The predicted octanol–water partition coefficient (Wildman–Crippen LogP) is 4.71. The van der Waals surface area contributed by atoms with Crippen molar-refractivity contribution in [1.82, 2.24) is 14.8 Å². The second kappa shape index (κ2) is 8.80. The molecule has 0 N–H and O–H groups in total. The summed E-state index contributed by atoms with van der Waals surface area (Å²) in [6, 6.07) is 14.7. The fourth-order valence-electron chi connectivity index (χ4n) is 4.17. The molecule has 3 aromatic rings. The van der Waals surface area contributed by atoms with Gasteiger partial charge in [0.2, 0.25) is 0 Å². The molecule has 6 heteroatoms. The van der Waals surface area contributed by atoms with Crippen molar-refractivity contribution in [2.75, 3.05) is 41.4 Å². The minimum absolute atomic E-state index is 0.595. The van der Waals surface area contributed by atoms with Gasteiger partial charge in [-0.2, -0.15) is 0 Å². The highest BCUT2D eigenvalue weighted by molar-refractivity contribution is 6.30. The Bertz CT molecular complexity index is 1050. The van der Waals surface area contributed by atoms with Gasteiger partial charge in [-0.25, -0.2) is 4.98 Å². The van der Waals surface area contributed by atoms with Crippen LogP contribution in [0.3, 0.4) is 0 Å². The molecule has 2 heterocycles. The molecular weight excluding hydrogens is 398 g/mol. The third kappa shape index (κ3) is 4.24. The zero-order chi connectivity index (χ0) is 21.3. The van der Waals surface area contributed by atoms with Crippen molar-refractivity contribution in [2.45, 2.75) is 19.0 Å². The van der Waals surface area contributed by atoms with Crippen LogP contribution < -0.4 is 9.47 Å². The van der Waals surface area contributed by atoms with E-state index in [9.17, 15) is 0 Å². The lowest BCUT2D eigenvalue weighted by Gasteiger charge is -2.21. The monoisotopic (exact) mass is 425 g/mol. The molecule has 1 aliphatic heterocycles. The lowest BCUT2D eigenvalue weighted by atomic mass is 10.0. The average molecular weight is 426 g/mol. The second-order valence-corrected chi connectivity index (χ2v) is 8.48. The molecule has 30 heavy (non-hydrogen) atoms. The standard InChI is InChI=1S/C24H28ClN3O2/c1-27(2)20-8-9-28(15-20)14-18-10-17-12-22(29-3)23(30-4)13-21(17)26-24(18)16-6-5-7-19(25)11-16/h5-7,10-13,20H,8-9,14-15H2,1-4H3/t20-/m0/s1. The summed E-state index contributed by atoms with van der Waals surface area (Å²) in [5, 5.41) is 1.75. The summed E-state index contributed by atoms with van der Waals surface area (Å²) >= 11 is 6.30. The van der Waals surface area contributed by atoms with Gasteiger partial charge < -0.3 is 14.4 Å². The maximum atomic E-state index is 6.30. The maximum Gasteiger partial charge on any atom is 0.162 e. The van der Waals surface area contributed by atoms with E-state index in [0.29, 0.717) is 22.6 Å². The minimum Gasteiger partial charge on any atom is -0.493 e. The van der Waals surface area contributed by atoms with Crippen LogP contribution in [0, 0.1) is 0 Å². The highest BCUT2D eigenvalue weighted by Gasteiger charge is 2.25. The van der Waals surface area contributed by atoms with Gasteiger partial charge in [0.15, 0.2) is 11.5 Å². The summed E-state index contributed by atoms with van der Waals surface area (Å²) < 4.78 is 11.0. The Labute approximate surface area is 183 Å². The number of hydrogen-bond donors (Lipinski definition) is 0. The Morgan fingerprint density at radius 1 is 1.10 bits per heavy atom. The summed E-state index contributed by atoms with van der Waals surface area (Å²) in [6.45, 7) is 3.00. The van der Waals surface area contributed by atoms with Crippen LogP contribution in [0.15, 0.2) is 42.5 Å². The number of pyridine rings is 1. The first-order chi connectivity index (χ1) is 14.5. The van der Waals surface area contributed by atoms with Gasteiger partial charge in [0.1, 0.15) is 0 Å². The van der Waals surface area contributed by atoms with Gasteiger partial charge >= 0.3 is 0 Å². The third-order valence-corrected chi connectivity index (χ3v) is 6.10. The number of fused-ring (bicyclic) bond motifs is 1. The van der Waals surface area contributed by atoms with Gasteiger partial charge in [-0.15, -0.1) is 0 Å². The lowest BCUT2D eigenvalue weighted by molar-refractivity contribution is 0.265. The van der Waals surface area contributed by atoms with Gasteiger partial charge in [0.25, 0.3) is 0 Å². The lowest BCUT2D eigenvalue weighted by Crippen LogP contribution is -2.31. The summed E-state index contributed by atoms with van der Waals surface area (Å²) in [7, 11) is 7.61. The summed E-state index contributed by atoms with van der Waals surface area (Å²) in [6.07, 6.45) is 1.19. The fraction of sp³-hybridized carbons (Fsp3) is 0.375. The highest BCUT2D eigenvalue weighted by Crippen LogP contribution is 2.35. The van der Waals surface area contributed by atoms with Crippen LogP contribution in [0.2, 0.25) is 5.02 Å². The number of ether oxygens (including phenoxy) is 2. The largest absolute Gasteiger partial charge is 0.493 e. The van der Waals surface area contributed by atoms with E-state index in [4.69, 9.17) is 26.1 Å². The molecule has 0 saturated carbocycles. The maximum absolute atomic E-state index is 6.30. The van der Waals surface area contributed by atoms with Crippen LogP contribution in [-0.4, -0.2) is 62.2 Å². The molecule has 0 bridgehead atoms. The summed E-state index contributed by atoms with van der Waals surface area (Å²) in [4.78, 5) is 9.85. The van der Waals surface area contributed by atoms with Crippen molar-refractivity contribution >= 4 is 22.5 Å². The van der Waals surface area contributed by atoms with Crippen molar-refractivity contribution < 1.29 is 9.47 Å². The van der Waals surface area contributed by atoms with Crippen molar-refractivity contribution in [3.05, 3.63) is 53.1 Å². The normalized spacial score (nSPS) is 17.1. The van der Waals surface area contributed by atoms with Crippen molar-refractivity contribution in [2.24, 2.45) is 0 Å². The van der Waals surface area contributed by atoms with Crippen LogP contribution in [-0.2, 0) is 6.54 Å². The topological polar surface area (TPSA) is 37.8 Å². The van der Waals surface area contributed by atoms with E-state index < -0.39 is 0 Å². The molecule has 0 amide bonds. The quantitative estimate of drug-likeness (QED) is 0.571. The number of methoxy groups -OCH3 is 2. The average Bonchev–Trinajstić information content (AvgIpc) is 3.21. The van der Waals surface area contributed by atoms with Crippen molar-refractivity contribution in [3.63, 3.8) is 0 Å². The van der Waals surface area contributed by atoms with Crippen LogP contribution in [0.25, 0.3) is 22.2 Å². The predicted molar refractivity (Wildman–Crippen MR) is 123 cm³/mol. The van der Waals surface area contributed by atoms with E-state index in [-0.39, 0.29) is 0 Å². The fourth-order valence-corrected chi connectivity index (χ4v) is 4.36. The number of rotatable bonds is 6. The van der Waals surface area contributed by atoms with Gasteiger partial charge in [0, 0.05) is 47.7 Å². The summed E-state index contributed by atoms with van der Waals surface area (Å²) in [5.74, 6) is 1.39.